The number of hydrogen-bond acceptors (Lipinski definition) is 5. The van der Waals surface area contributed by atoms with E-state index in [1.54, 1.807) is 4.90 Å². The highest BCUT2D eigenvalue weighted by Gasteiger charge is 2.16. The molecule has 7 nitrogen and oxygen atoms in total. The molecule has 0 saturated carbocycles. The van der Waals surface area contributed by atoms with Gasteiger partial charge in [-0.2, -0.15) is 0 Å². The summed E-state index contributed by atoms with van der Waals surface area (Å²) in [4.78, 5) is 25.8. The lowest BCUT2D eigenvalue weighted by molar-refractivity contribution is -0.116. The average molecular weight is 609 g/mol. The van der Waals surface area contributed by atoms with E-state index in [0.717, 1.165) is 42.7 Å². The van der Waals surface area contributed by atoms with Crippen molar-refractivity contribution in [3.05, 3.63) is 84.4 Å². The summed E-state index contributed by atoms with van der Waals surface area (Å²) in [7, 11) is 0. The molecule has 8 heteroatoms. The Hall–Kier alpha value is -3.71. The van der Waals surface area contributed by atoms with Crippen molar-refractivity contribution in [1.82, 2.24) is 5.32 Å². The van der Waals surface area contributed by atoms with Gasteiger partial charge in [-0.25, -0.2) is 4.79 Å². The molecular weight excluding hydrogens is 564 g/mol. The Bertz CT molecular complexity index is 1230. The predicted octanol–water partition coefficient (Wildman–Crippen LogP) is 8.89. The van der Waals surface area contributed by atoms with Crippen molar-refractivity contribution in [2.75, 3.05) is 23.9 Å². The van der Waals surface area contributed by atoms with E-state index in [0.29, 0.717) is 31.2 Å². The summed E-state index contributed by atoms with van der Waals surface area (Å²) in [5.41, 5.74) is 1.34. The SMILES string of the molecule is CC(C)(C)OC(=O)NCCCCCCCCCOc1ccc(Oc2ccc(N(Cc3ccccc3)C(=O)CCl)cc2)cc1. The zero-order valence-corrected chi connectivity index (χ0v) is 26.4. The molecule has 3 aromatic rings. The number of anilines is 1. The number of ether oxygens (including phenoxy) is 3. The quantitative estimate of drug-likeness (QED) is 0.122. The molecule has 3 rings (SSSR count). The number of alkyl carbamates (subject to hydrolysis) is 1. The number of hydrogen-bond donors (Lipinski definition) is 1. The van der Waals surface area contributed by atoms with Gasteiger partial charge in [0.05, 0.1) is 13.2 Å². The first-order chi connectivity index (χ1) is 20.7. The molecule has 0 aliphatic carbocycles. The number of rotatable bonds is 17. The van der Waals surface area contributed by atoms with Gasteiger partial charge in [-0.3, -0.25) is 4.79 Å². The van der Waals surface area contributed by atoms with Gasteiger partial charge in [0.1, 0.15) is 28.7 Å². The van der Waals surface area contributed by atoms with Gasteiger partial charge in [-0.15, -0.1) is 11.6 Å². The maximum atomic E-state index is 12.5. The van der Waals surface area contributed by atoms with Crippen molar-refractivity contribution < 1.29 is 23.8 Å². The first kappa shape index (κ1) is 33.8. The normalized spacial score (nSPS) is 11.1. The van der Waals surface area contributed by atoms with E-state index in [-0.39, 0.29) is 17.9 Å². The summed E-state index contributed by atoms with van der Waals surface area (Å²) in [6.07, 6.45) is 7.40. The van der Waals surface area contributed by atoms with Gasteiger partial charge in [0.25, 0.3) is 0 Å². The monoisotopic (exact) mass is 608 g/mol. The molecule has 0 heterocycles. The lowest BCUT2D eigenvalue weighted by Gasteiger charge is -2.22. The summed E-state index contributed by atoms with van der Waals surface area (Å²) >= 11 is 5.87. The number of carbonyl (C=O) groups is 2. The van der Waals surface area contributed by atoms with E-state index in [1.165, 1.54) is 19.3 Å². The maximum absolute atomic E-state index is 12.5. The smallest absolute Gasteiger partial charge is 0.407 e. The van der Waals surface area contributed by atoms with Gasteiger partial charge >= 0.3 is 6.09 Å². The van der Waals surface area contributed by atoms with Crippen molar-refractivity contribution in [2.45, 2.75) is 77.9 Å². The summed E-state index contributed by atoms with van der Waals surface area (Å²) < 4.78 is 17.1. The van der Waals surface area contributed by atoms with Crippen LogP contribution in [0, 0.1) is 0 Å². The van der Waals surface area contributed by atoms with E-state index in [1.807, 2.05) is 99.6 Å². The second-order valence-electron chi connectivity index (χ2n) is 11.4. The third-order valence-corrected chi connectivity index (χ3v) is 6.79. The van der Waals surface area contributed by atoms with Gasteiger partial charge in [0, 0.05) is 12.2 Å². The second-order valence-corrected chi connectivity index (χ2v) is 11.7. The van der Waals surface area contributed by atoms with E-state index < -0.39 is 5.60 Å². The molecule has 0 bridgehead atoms. The van der Waals surface area contributed by atoms with Crippen LogP contribution in [0.15, 0.2) is 78.9 Å². The van der Waals surface area contributed by atoms with E-state index in [4.69, 9.17) is 25.8 Å². The Morgan fingerprint density at radius 2 is 1.30 bits per heavy atom. The summed E-state index contributed by atoms with van der Waals surface area (Å²) in [5.74, 6) is 1.96. The van der Waals surface area contributed by atoms with Crippen LogP contribution in [0.4, 0.5) is 10.5 Å². The number of carbonyl (C=O) groups excluding carboxylic acids is 2. The molecule has 0 saturated heterocycles. The van der Waals surface area contributed by atoms with Crippen molar-refractivity contribution in [3.8, 4) is 17.2 Å². The number of nitrogens with zero attached hydrogens (tertiary/aromatic N) is 1. The van der Waals surface area contributed by atoms with Gasteiger partial charge in [-0.05, 0) is 87.7 Å². The Labute approximate surface area is 261 Å². The standard InChI is InChI=1S/C35H45ClN2O5/c1-35(2,3)43-34(40)37-24-12-7-5-4-6-8-13-25-41-30-20-22-32(23-21-30)42-31-18-16-29(17-19-31)38(33(39)26-36)27-28-14-10-9-11-15-28/h9-11,14-23H,4-8,12-13,24-27H2,1-3H3,(H,37,40). The highest BCUT2D eigenvalue weighted by Crippen LogP contribution is 2.27. The van der Waals surface area contributed by atoms with Gasteiger partial charge < -0.3 is 24.4 Å². The third kappa shape index (κ3) is 13.4. The molecule has 1 N–H and O–H groups in total. The summed E-state index contributed by atoms with van der Waals surface area (Å²) in [5, 5.41) is 2.81. The van der Waals surface area contributed by atoms with Gasteiger partial charge in [0.2, 0.25) is 5.91 Å². The van der Waals surface area contributed by atoms with Crippen LogP contribution in [-0.4, -0.2) is 36.6 Å². The highest BCUT2D eigenvalue weighted by atomic mass is 35.5. The number of amides is 2. The van der Waals surface area contributed by atoms with Crippen LogP contribution in [0.2, 0.25) is 0 Å². The van der Waals surface area contributed by atoms with Crippen LogP contribution in [0.3, 0.4) is 0 Å². The molecule has 0 atom stereocenters. The summed E-state index contributed by atoms with van der Waals surface area (Å²) in [6, 6.07) is 24.9. The molecule has 0 aliphatic rings. The molecule has 2 amide bonds. The summed E-state index contributed by atoms with van der Waals surface area (Å²) in [6.45, 7) is 7.38. The Kier molecular flexibility index (Phi) is 14.2. The predicted molar refractivity (Wildman–Crippen MR) is 173 cm³/mol. The number of benzene rings is 3. The average Bonchev–Trinajstić information content (AvgIpc) is 2.99. The van der Waals surface area contributed by atoms with Crippen LogP contribution < -0.4 is 19.7 Å². The Morgan fingerprint density at radius 1 is 0.744 bits per heavy atom. The number of alkyl halides is 1. The van der Waals surface area contributed by atoms with Crippen molar-refractivity contribution in [3.63, 3.8) is 0 Å². The van der Waals surface area contributed by atoms with Gasteiger partial charge in [-0.1, -0.05) is 62.4 Å². The number of halogens is 1. The van der Waals surface area contributed by atoms with E-state index in [2.05, 4.69) is 5.32 Å². The first-order valence-corrected chi connectivity index (χ1v) is 15.6. The fourth-order valence-corrected chi connectivity index (χ4v) is 4.55. The van der Waals surface area contributed by atoms with Crippen molar-refractivity contribution in [2.24, 2.45) is 0 Å². The minimum Gasteiger partial charge on any atom is -0.494 e. The fourth-order valence-electron chi connectivity index (χ4n) is 4.40. The molecule has 0 unspecified atom stereocenters. The molecule has 232 valence electrons. The van der Waals surface area contributed by atoms with Crippen LogP contribution in [0.5, 0.6) is 17.2 Å². The minimum atomic E-state index is -0.456. The maximum Gasteiger partial charge on any atom is 0.407 e. The molecule has 0 aromatic heterocycles. The molecule has 43 heavy (non-hydrogen) atoms. The number of unbranched alkanes of at least 4 members (excludes halogenated alkanes) is 6. The van der Waals surface area contributed by atoms with E-state index in [9.17, 15) is 9.59 Å². The Balaban J connectivity index is 1.30. The largest absolute Gasteiger partial charge is 0.494 e. The van der Waals surface area contributed by atoms with Gasteiger partial charge in [0.15, 0.2) is 0 Å². The van der Waals surface area contributed by atoms with Crippen LogP contribution in [0.1, 0.15) is 71.3 Å². The molecule has 0 fully saturated rings. The molecule has 0 spiro atoms. The minimum absolute atomic E-state index is 0.0858. The molecule has 0 radical (unpaired) electrons. The topological polar surface area (TPSA) is 77.1 Å². The van der Waals surface area contributed by atoms with Crippen LogP contribution >= 0.6 is 11.6 Å². The van der Waals surface area contributed by atoms with Crippen molar-refractivity contribution >= 4 is 29.3 Å². The van der Waals surface area contributed by atoms with Crippen LogP contribution in [0.25, 0.3) is 0 Å². The zero-order valence-electron chi connectivity index (χ0n) is 25.7. The zero-order chi connectivity index (χ0) is 30.9. The molecule has 3 aromatic carbocycles. The lowest BCUT2D eigenvalue weighted by atomic mass is 10.1. The lowest BCUT2D eigenvalue weighted by Crippen LogP contribution is -2.32. The van der Waals surface area contributed by atoms with Crippen LogP contribution in [-0.2, 0) is 16.1 Å². The first-order valence-electron chi connectivity index (χ1n) is 15.1. The van der Waals surface area contributed by atoms with E-state index >= 15 is 0 Å². The fraction of sp³-hybridized carbons (Fsp3) is 0.429. The molecular formula is C35H45ClN2O5. The second kappa shape index (κ2) is 18.1. The van der Waals surface area contributed by atoms with Crippen molar-refractivity contribution in [1.29, 1.82) is 0 Å². The number of nitrogens with one attached hydrogen (secondary N) is 1. The Morgan fingerprint density at radius 3 is 1.91 bits per heavy atom. The third-order valence-electron chi connectivity index (χ3n) is 6.56. The molecule has 0 aliphatic heterocycles. The highest BCUT2D eigenvalue weighted by molar-refractivity contribution is 6.29.